The van der Waals surface area contributed by atoms with Gasteiger partial charge < -0.3 is 9.72 Å². The van der Waals surface area contributed by atoms with Crippen LogP contribution in [-0.2, 0) is 0 Å². The lowest BCUT2D eigenvalue weighted by Crippen LogP contribution is -2.17. The fraction of sp³-hybridized carbons (Fsp3) is 0.0667. The molecule has 0 spiro atoms. The summed E-state index contributed by atoms with van der Waals surface area (Å²) in [5, 5.41) is 8.90. The van der Waals surface area contributed by atoms with E-state index in [2.05, 4.69) is 20.8 Å². The number of benzene rings is 1. The predicted octanol–water partition coefficient (Wildman–Crippen LogP) is 2.47. The van der Waals surface area contributed by atoms with E-state index in [1.54, 1.807) is 24.4 Å². The van der Waals surface area contributed by atoms with Crippen molar-refractivity contribution in [3.05, 3.63) is 46.0 Å². The lowest BCUT2D eigenvalue weighted by atomic mass is 10.2. The molecule has 2 aromatic heterocycles. The average molecular weight is 343 g/mol. The second-order valence-electron chi connectivity index (χ2n) is 5.07. The molecule has 0 fully saturated rings. The van der Waals surface area contributed by atoms with Crippen LogP contribution in [0.3, 0.4) is 0 Å². The van der Waals surface area contributed by atoms with Gasteiger partial charge in [0.05, 0.1) is 10.7 Å². The highest BCUT2D eigenvalue weighted by Gasteiger charge is 2.24. The Morgan fingerprint density at radius 3 is 2.88 bits per heavy atom. The molecule has 8 nitrogen and oxygen atoms in total. The topological polar surface area (TPSA) is 111 Å². The van der Waals surface area contributed by atoms with Gasteiger partial charge in [-0.3, -0.25) is 20.4 Å². The molecule has 0 amide bonds. The van der Waals surface area contributed by atoms with Crippen molar-refractivity contribution in [2.75, 3.05) is 17.5 Å². The lowest BCUT2D eigenvalue weighted by molar-refractivity contribution is 0.368. The van der Waals surface area contributed by atoms with E-state index in [9.17, 15) is 4.79 Å². The normalized spacial score (nSPS) is 11.7. The highest BCUT2D eigenvalue weighted by molar-refractivity contribution is 6.32. The van der Waals surface area contributed by atoms with E-state index in [1.807, 2.05) is 12.1 Å². The van der Waals surface area contributed by atoms with E-state index in [-0.39, 0.29) is 12.3 Å². The first-order valence-electron chi connectivity index (χ1n) is 7.03. The van der Waals surface area contributed by atoms with Crippen molar-refractivity contribution in [3.63, 3.8) is 0 Å². The fourth-order valence-corrected chi connectivity index (χ4v) is 2.91. The number of nitrogens with zero attached hydrogens (tertiary/aromatic N) is 2. The van der Waals surface area contributed by atoms with Crippen LogP contribution in [0, 0.1) is 11.3 Å². The first kappa shape index (κ1) is 14.3. The second-order valence-corrected chi connectivity index (χ2v) is 5.47. The zero-order valence-electron chi connectivity index (χ0n) is 12.2. The number of ether oxygens (including phenoxy) is 1. The Morgan fingerprint density at radius 1 is 1.25 bits per heavy atom. The van der Waals surface area contributed by atoms with E-state index in [4.69, 9.17) is 21.6 Å². The van der Waals surface area contributed by atoms with Crippen molar-refractivity contribution >= 4 is 23.2 Å². The molecule has 24 heavy (non-hydrogen) atoms. The monoisotopic (exact) mass is 342 g/mol. The van der Waals surface area contributed by atoms with E-state index >= 15 is 0 Å². The molecule has 9 heteroatoms. The van der Waals surface area contributed by atoms with Crippen LogP contribution >= 0.6 is 11.6 Å². The van der Waals surface area contributed by atoms with E-state index in [0.29, 0.717) is 28.0 Å². The van der Waals surface area contributed by atoms with Crippen LogP contribution < -0.4 is 21.3 Å². The Bertz CT molecular complexity index is 1030. The number of aromatic nitrogens is 3. The van der Waals surface area contributed by atoms with Crippen LogP contribution in [0.15, 0.2) is 35.3 Å². The summed E-state index contributed by atoms with van der Waals surface area (Å²) in [7, 11) is 0. The lowest BCUT2D eigenvalue weighted by Gasteiger charge is -2.18. The number of imidazole rings is 1. The van der Waals surface area contributed by atoms with Crippen molar-refractivity contribution in [1.29, 1.82) is 5.26 Å². The van der Waals surface area contributed by atoms with Gasteiger partial charge in [-0.1, -0.05) is 11.6 Å². The Kier molecular flexibility index (Phi) is 3.22. The minimum Gasteiger partial charge on any atom is -0.477 e. The smallest absolute Gasteiger partial charge is 0.332 e. The number of anilines is 2. The molecule has 0 atom stereocenters. The third-order valence-electron chi connectivity index (χ3n) is 3.68. The van der Waals surface area contributed by atoms with Crippen molar-refractivity contribution in [2.24, 2.45) is 0 Å². The maximum atomic E-state index is 12.4. The largest absolute Gasteiger partial charge is 0.477 e. The van der Waals surface area contributed by atoms with Gasteiger partial charge in [0, 0.05) is 11.8 Å². The highest BCUT2D eigenvalue weighted by atomic mass is 35.5. The van der Waals surface area contributed by atoms with Gasteiger partial charge >= 0.3 is 5.69 Å². The molecule has 4 rings (SSSR count). The Labute approximate surface area is 140 Å². The predicted molar refractivity (Wildman–Crippen MR) is 89.5 cm³/mol. The van der Waals surface area contributed by atoms with Gasteiger partial charge in [-0.15, -0.1) is 0 Å². The second kappa shape index (κ2) is 5.40. The van der Waals surface area contributed by atoms with Gasteiger partial charge in [0.15, 0.2) is 12.4 Å². The van der Waals surface area contributed by atoms with E-state index < -0.39 is 0 Å². The molecule has 120 valence electrons. The molecular formula is C15H11ClN6O2. The molecule has 0 saturated heterocycles. The zero-order chi connectivity index (χ0) is 16.7. The first-order chi connectivity index (χ1) is 11.7. The van der Waals surface area contributed by atoms with Gasteiger partial charge in [0.2, 0.25) is 0 Å². The molecule has 1 aliphatic heterocycles. The van der Waals surface area contributed by atoms with E-state index in [0.717, 1.165) is 11.4 Å². The standard InChI is InChI=1S/C15H11ClN6O2/c16-10-7-8(1-2-11(10)24-6-4-17)22-12-9-3-5-18-13(9)20-21-14(12)19-15(22)23/h1-3,5,7,18,20-21H,6H2,(H,19,23). The number of nitrogens with one attached hydrogen (secondary N) is 4. The summed E-state index contributed by atoms with van der Waals surface area (Å²) in [4.78, 5) is 18.2. The van der Waals surface area contributed by atoms with Crippen LogP contribution in [0.4, 0.5) is 11.6 Å². The number of aromatic amines is 2. The molecular weight excluding hydrogens is 332 g/mol. The summed E-state index contributed by atoms with van der Waals surface area (Å²) in [6, 6.07) is 8.72. The van der Waals surface area contributed by atoms with Crippen molar-refractivity contribution in [1.82, 2.24) is 14.5 Å². The van der Waals surface area contributed by atoms with E-state index in [1.165, 1.54) is 4.57 Å². The third kappa shape index (κ3) is 2.11. The number of fused-ring (bicyclic) bond motifs is 3. The van der Waals surface area contributed by atoms with Crippen molar-refractivity contribution in [2.45, 2.75) is 0 Å². The quantitative estimate of drug-likeness (QED) is 0.584. The van der Waals surface area contributed by atoms with Crippen LogP contribution in [0.5, 0.6) is 5.75 Å². The Hall–Kier alpha value is -3.31. The molecule has 1 aromatic carbocycles. The summed E-state index contributed by atoms with van der Waals surface area (Å²) < 4.78 is 6.75. The van der Waals surface area contributed by atoms with Crippen LogP contribution in [0.25, 0.3) is 16.9 Å². The molecule has 4 N–H and O–H groups in total. The minimum absolute atomic E-state index is 0.0964. The van der Waals surface area contributed by atoms with Gasteiger partial charge in [-0.25, -0.2) is 4.79 Å². The van der Waals surface area contributed by atoms with Crippen LogP contribution in [0.2, 0.25) is 5.02 Å². The summed E-state index contributed by atoms with van der Waals surface area (Å²) >= 11 is 6.20. The molecule has 0 bridgehead atoms. The number of H-pyrrole nitrogens is 2. The maximum Gasteiger partial charge on any atom is 0.332 e. The Balaban J connectivity index is 1.85. The summed E-state index contributed by atoms with van der Waals surface area (Å²) in [6.45, 7) is -0.0964. The van der Waals surface area contributed by atoms with Gasteiger partial charge in [0.1, 0.15) is 23.3 Å². The van der Waals surface area contributed by atoms with Crippen molar-refractivity contribution < 1.29 is 4.74 Å². The van der Waals surface area contributed by atoms with Crippen LogP contribution in [-0.4, -0.2) is 21.1 Å². The number of nitriles is 1. The Morgan fingerprint density at radius 2 is 2.08 bits per heavy atom. The molecule has 0 aliphatic carbocycles. The third-order valence-corrected chi connectivity index (χ3v) is 3.97. The molecule has 1 aliphatic rings. The average Bonchev–Trinajstić information content (AvgIpc) is 3.16. The number of halogens is 1. The fourth-order valence-electron chi connectivity index (χ4n) is 2.68. The summed E-state index contributed by atoms with van der Waals surface area (Å²) in [5.74, 6) is 1.71. The number of hydrogen-bond donors (Lipinski definition) is 4. The summed E-state index contributed by atoms with van der Waals surface area (Å²) in [6.07, 6.45) is 1.78. The van der Waals surface area contributed by atoms with Crippen LogP contribution in [0.1, 0.15) is 0 Å². The molecule has 3 heterocycles. The van der Waals surface area contributed by atoms with Gasteiger partial charge in [0.25, 0.3) is 0 Å². The summed E-state index contributed by atoms with van der Waals surface area (Å²) in [5.41, 5.74) is 7.73. The maximum absolute atomic E-state index is 12.4. The number of hydrazine groups is 1. The van der Waals surface area contributed by atoms with Gasteiger partial charge in [-0.2, -0.15) is 5.26 Å². The SMILES string of the molecule is N#CCOc1ccc(-n2c3c([nH]c2=O)NNc2[nH]ccc2-3)cc1Cl. The van der Waals surface area contributed by atoms with Gasteiger partial charge in [-0.05, 0) is 24.3 Å². The molecule has 3 aromatic rings. The van der Waals surface area contributed by atoms with Crippen molar-refractivity contribution in [3.8, 4) is 28.8 Å². The molecule has 0 radical (unpaired) electrons. The first-order valence-corrected chi connectivity index (χ1v) is 7.41. The molecule has 0 unspecified atom stereocenters. The minimum atomic E-state index is -0.301. The molecule has 0 saturated carbocycles. The number of hydrogen-bond acceptors (Lipinski definition) is 5. The zero-order valence-corrected chi connectivity index (χ0v) is 12.9. The number of rotatable bonds is 3. The highest BCUT2D eigenvalue weighted by Crippen LogP contribution is 2.37.